The molecule has 28 heavy (non-hydrogen) atoms. The van der Waals surface area contributed by atoms with Gasteiger partial charge >= 0.3 is 12.2 Å². The van der Waals surface area contributed by atoms with Crippen LogP contribution in [-0.2, 0) is 0 Å². The summed E-state index contributed by atoms with van der Waals surface area (Å²) in [6, 6.07) is 6.90. The van der Waals surface area contributed by atoms with Crippen LogP contribution >= 0.6 is 11.6 Å². The zero-order valence-electron chi connectivity index (χ0n) is 13.9. The Hall–Kier alpha value is -2.65. The van der Waals surface area contributed by atoms with E-state index in [0.717, 1.165) is 6.07 Å². The van der Waals surface area contributed by atoms with Crippen molar-refractivity contribution < 1.29 is 32.3 Å². The van der Waals surface area contributed by atoms with E-state index in [-0.39, 0.29) is 10.6 Å². The number of carbonyl (C=O) groups excluding carboxylic acids is 2. The van der Waals surface area contributed by atoms with Crippen molar-refractivity contribution >= 4 is 23.4 Å². The summed E-state index contributed by atoms with van der Waals surface area (Å²) in [7, 11) is 0. The minimum atomic E-state index is -5.43. The normalized spacial score (nSPS) is 25.0. The number of alkyl halides is 3. The number of hydrogen-bond donors (Lipinski definition) is 3. The molecule has 1 fully saturated rings. The number of amides is 2. The Morgan fingerprint density at radius 2 is 1.75 bits per heavy atom. The molecule has 0 unspecified atom stereocenters. The van der Waals surface area contributed by atoms with Crippen molar-refractivity contribution in [2.75, 3.05) is 0 Å². The lowest BCUT2D eigenvalue weighted by molar-refractivity contribution is -0.287. The predicted molar refractivity (Wildman–Crippen MR) is 91.1 cm³/mol. The second-order valence-corrected chi connectivity index (χ2v) is 6.59. The van der Waals surface area contributed by atoms with Crippen molar-refractivity contribution in [3.05, 3.63) is 70.5 Å². The molecule has 1 saturated heterocycles. The van der Waals surface area contributed by atoms with Gasteiger partial charge in [-0.25, -0.2) is 9.18 Å². The number of benzene rings is 2. The van der Waals surface area contributed by atoms with E-state index in [9.17, 15) is 32.3 Å². The molecule has 5 nitrogen and oxygen atoms in total. The van der Waals surface area contributed by atoms with Crippen LogP contribution in [0.2, 0.25) is 5.02 Å². The first kappa shape index (κ1) is 20.1. The zero-order chi connectivity index (χ0) is 20.7. The summed E-state index contributed by atoms with van der Waals surface area (Å²) in [5, 5.41) is 13.6. The van der Waals surface area contributed by atoms with Gasteiger partial charge in [0.2, 0.25) is 5.72 Å². The van der Waals surface area contributed by atoms with E-state index in [1.807, 2.05) is 0 Å². The standard InChI is InChI=1S/C18H13ClF4N2O3/c19-10-7-4-8-11(20)12(10)14-13(15(26)9-5-2-1-3-6-9)17(28,18(21,22)23)25-16(27)24-14/h1-8,13-14,28H,(H2,24,25,27)/t13-,14-,17+/m1/s1. The lowest BCUT2D eigenvalue weighted by atomic mass is 9.77. The van der Waals surface area contributed by atoms with Crippen LogP contribution in [0.1, 0.15) is 22.0 Å². The van der Waals surface area contributed by atoms with Crippen molar-refractivity contribution in [3.8, 4) is 0 Å². The lowest BCUT2D eigenvalue weighted by Gasteiger charge is -2.45. The fraction of sp³-hybridized carbons (Fsp3) is 0.222. The van der Waals surface area contributed by atoms with Gasteiger partial charge in [-0.2, -0.15) is 13.2 Å². The summed E-state index contributed by atoms with van der Waals surface area (Å²) >= 11 is 5.95. The van der Waals surface area contributed by atoms with Crippen molar-refractivity contribution in [2.24, 2.45) is 5.92 Å². The second-order valence-electron chi connectivity index (χ2n) is 6.18. The predicted octanol–water partition coefficient (Wildman–Crippen LogP) is 3.58. The van der Waals surface area contributed by atoms with E-state index < -0.39 is 47.1 Å². The summed E-state index contributed by atoms with van der Waals surface area (Å²) in [5.41, 5.74) is -4.64. The van der Waals surface area contributed by atoms with Crippen LogP contribution in [0.25, 0.3) is 0 Å². The van der Waals surface area contributed by atoms with Crippen LogP contribution in [0.3, 0.4) is 0 Å². The summed E-state index contributed by atoms with van der Waals surface area (Å²) < 4.78 is 55.7. The maximum Gasteiger partial charge on any atom is 0.437 e. The molecule has 2 aromatic carbocycles. The molecule has 2 amide bonds. The van der Waals surface area contributed by atoms with Crippen molar-refractivity contribution in [1.29, 1.82) is 0 Å². The molecule has 2 aromatic rings. The van der Waals surface area contributed by atoms with Crippen molar-refractivity contribution in [3.63, 3.8) is 0 Å². The molecular weight excluding hydrogens is 404 g/mol. The average Bonchev–Trinajstić information content (AvgIpc) is 2.60. The molecule has 0 spiro atoms. The Morgan fingerprint density at radius 1 is 1.11 bits per heavy atom. The van der Waals surface area contributed by atoms with Crippen LogP contribution in [0, 0.1) is 11.7 Å². The number of rotatable bonds is 3. The van der Waals surface area contributed by atoms with E-state index in [0.29, 0.717) is 0 Å². The molecule has 0 bridgehead atoms. The number of halogens is 5. The van der Waals surface area contributed by atoms with Crippen LogP contribution in [0.4, 0.5) is 22.4 Å². The van der Waals surface area contributed by atoms with Gasteiger partial charge in [0.15, 0.2) is 5.78 Å². The number of Topliss-reactive ketones (excluding diaryl/α,β-unsaturated/α-hetero) is 1. The average molecular weight is 417 g/mol. The third kappa shape index (κ3) is 3.31. The minimum Gasteiger partial charge on any atom is -0.363 e. The Bertz CT molecular complexity index is 903. The largest absolute Gasteiger partial charge is 0.437 e. The quantitative estimate of drug-likeness (QED) is 0.528. The topological polar surface area (TPSA) is 78.4 Å². The molecule has 3 atom stereocenters. The first-order valence-corrected chi connectivity index (χ1v) is 8.35. The van der Waals surface area contributed by atoms with E-state index in [1.54, 1.807) is 6.07 Å². The van der Waals surface area contributed by atoms with Gasteiger partial charge in [0.1, 0.15) is 11.7 Å². The molecule has 1 heterocycles. The molecule has 0 radical (unpaired) electrons. The molecule has 3 rings (SSSR count). The molecule has 1 aliphatic heterocycles. The van der Waals surface area contributed by atoms with Gasteiger partial charge in [-0.1, -0.05) is 48.0 Å². The van der Waals surface area contributed by atoms with Crippen LogP contribution in [0.5, 0.6) is 0 Å². The Morgan fingerprint density at radius 3 is 2.32 bits per heavy atom. The number of ketones is 1. The van der Waals surface area contributed by atoms with Crippen molar-refractivity contribution in [1.82, 2.24) is 10.6 Å². The molecule has 10 heteroatoms. The van der Waals surface area contributed by atoms with Gasteiger partial charge < -0.3 is 15.7 Å². The Balaban J connectivity index is 2.23. The highest BCUT2D eigenvalue weighted by Crippen LogP contribution is 2.45. The third-order valence-electron chi connectivity index (χ3n) is 4.46. The van der Waals surface area contributed by atoms with Gasteiger partial charge in [0.05, 0.1) is 6.04 Å². The lowest BCUT2D eigenvalue weighted by Crippen LogP contribution is -2.72. The number of urea groups is 1. The Labute approximate surface area is 161 Å². The van der Waals surface area contributed by atoms with Gasteiger partial charge in [0.25, 0.3) is 0 Å². The monoisotopic (exact) mass is 416 g/mol. The van der Waals surface area contributed by atoms with E-state index >= 15 is 0 Å². The molecule has 0 aliphatic carbocycles. The van der Waals surface area contributed by atoms with Gasteiger partial charge in [-0.05, 0) is 12.1 Å². The molecular formula is C18H13ClF4N2O3. The number of hydrogen-bond acceptors (Lipinski definition) is 3. The van der Waals surface area contributed by atoms with Gasteiger partial charge in [-0.15, -0.1) is 0 Å². The van der Waals surface area contributed by atoms with E-state index in [4.69, 9.17) is 11.6 Å². The summed E-state index contributed by atoms with van der Waals surface area (Å²) in [5.74, 6) is -4.53. The fourth-order valence-corrected chi connectivity index (χ4v) is 3.45. The maximum absolute atomic E-state index is 14.4. The van der Waals surface area contributed by atoms with E-state index in [1.165, 1.54) is 41.7 Å². The Kier molecular flexibility index (Phi) is 5.07. The molecule has 1 aliphatic rings. The number of nitrogens with one attached hydrogen (secondary N) is 2. The molecule has 0 saturated carbocycles. The van der Waals surface area contributed by atoms with Crippen molar-refractivity contribution in [2.45, 2.75) is 17.9 Å². The third-order valence-corrected chi connectivity index (χ3v) is 4.79. The highest BCUT2D eigenvalue weighted by atomic mass is 35.5. The first-order valence-electron chi connectivity index (χ1n) is 7.97. The zero-order valence-corrected chi connectivity index (χ0v) is 14.7. The van der Waals surface area contributed by atoms with Gasteiger partial charge in [0, 0.05) is 16.1 Å². The SMILES string of the molecule is O=C1N[C@H](c2c(F)cccc2Cl)[C@H](C(=O)c2ccccc2)[C@](O)(C(F)(F)F)N1. The first-order chi connectivity index (χ1) is 13.1. The van der Waals surface area contributed by atoms with Crippen LogP contribution < -0.4 is 10.6 Å². The summed E-state index contributed by atoms with van der Waals surface area (Å²) in [4.78, 5) is 24.8. The number of carbonyl (C=O) groups is 2. The summed E-state index contributed by atoms with van der Waals surface area (Å²) in [6.45, 7) is 0. The second kappa shape index (κ2) is 7.06. The molecule has 3 N–H and O–H groups in total. The van der Waals surface area contributed by atoms with E-state index in [2.05, 4.69) is 5.32 Å². The highest BCUT2D eigenvalue weighted by molar-refractivity contribution is 6.31. The number of aliphatic hydroxyl groups is 1. The molecule has 0 aromatic heterocycles. The maximum atomic E-state index is 14.4. The minimum absolute atomic E-state index is 0.161. The summed E-state index contributed by atoms with van der Waals surface area (Å²) in [6.07, 6.45) is -5.43. The fourth-order valence-electron chi connectivity index (χ4n) is 3.17. The molecule has 148 valence electrons. The smallest absolute Gasteiger partial charge is 0.363 e. The van der Waals surface area contributed by atoms with Crippen LogP contribution in [-0.4, -0.2) is 28.8 Å². The van der Waals surface area contributed by atoms with Crippen LogP contribution in [0.15, 0.2) is 48.5 Å². The van der Waals surface area contributed by atoms with Gasteiger partial charge in [-0.3, -0.25) is 4.79 Å². The highest BCUT2D eigenvalue weighted by Gasteiger charge is 2.66.